The first-order valence-electron chi connectivity index (χ1n) is 10.6. The fourth-order valence-corrected chi connectivity index (χ4v) is 5.30. The highest BCUT2D eigenvalue weighted by Gasteiger charge is 2.48. The minimum Gasteiger partial charge on any atom is -0.0651 e. The number of hydrogen-bond acceptors (Lipinski definition) is 0. The molecule has 0 fully saturated rings. The average molecular weight is 329 g/mol. The Labute approximate surface area is 151 Å². The van der Waals surface area contributed by atoms with Crippen LogP contribution in [0.5, 0.6) is 0 Å². The first-order chi connectivity index (χ1) is 11.4. The Balaban J connectivity index is 2.69. The van der Waals surface area contributed by atoms with E-state index in [9.17, 15) is 0 Å². The summed E-state index contributed by atoms with van der Waals surface area (Å²) >= 11 is 0. The number of hydrogen-bond donors (Lipinski definition) is 0. The van der Waals surface area contributed by atoms with Gasteiger partial charge in [-0.05, 0) is 83.9 Å². The summed E-state index contributed by atoms with van der Waals surface area (Å²) in [4.78, 5) is 0. The van der Waals surface area contributed by atoms with Gasteiger partial charge in [-0.2, -0.15) is 0 Å². The second kappa shape index (κ2) is 7.63. The van der Waals surface area contributed by atoms with Gasteiger partial charge >= 0.3 is 0 Å². The van der Waals surface area contributed by atoms with Crippen LogP contribution in [-0.2, 0) is 23.7 Å². The largest absolute Gasteiger partial charge is 0.0651 e. The fourth-order valence-electron chi connectivity index (χ4n) is 5.30. The number of fused-ring (bicyclic) bond motifs is 1. The van der Waals surface area contributed by atoms with Crippen LogP contribution in [-0.4, -0.2) is 0 Å². The molecule has 136 valence electrons. The molecule has 0 bridgehead atoms. The summed E-state index contributed by atoms with van der Waals surface area (Å²) in [5.41, 5.74) is 7.54. The Morgan fingerprint density at radius 3 is 1.62 bits per heavy atom. The summed E-state index contributed by atoms with van der Waals surface area (Å²) in [5, 5.41) is 0. The van der Waals surface area contributed by atoms with Gasteiger partial charge in [0.25, 0.3) is 0 Å². The molecule has 1 aromatic carbocycles. The molecule has 0 amide bonds. The zero-order valence-corrected chi connectivity index (χ0v) is 17.4. The van der Waals surface area contributed by atoms with E-state index in [4.69, 9.17) is 0 Å². The number of rotatable bonds is 8. The Kier molecular flexibility index (Phi) is 6.21. The fraction of sp³-hybridized carbons (Fsp3) is 0.750. The molecule has 0 atom stereocenters. The molecule has 2 rings (SSSR count). The Hall–Kier alpha value is -0.780. The molecule has 0 spiro atoms. The third kappa shape index (κ3) is 3.18. The zero-order valence-electron chi connectivity index (χ0n) is 17.4. The molecule has 0 saturated heterocycles. The van der Waals surface area contributed by atoms with Crippen LogP contribution >= 0.6 is 0 Å². The van der Waals surface area contributed by atoms with E-state index in [0.29, 0.717) is 10.8 Å². The van der Waals surface area contributed by atoms with Crippen molar-refractivity contribution in [3.05, 3.63) is 34.4 Å². The van der Waals surface area contributed by atoms with Crippen molar-refractivity contribution in [3.63, 3.8) is 0 Å². The minimum atomic E-state index is 0.415. The van der Waals surface area contributed by atoms with Crippen LogP contribution in [0.3, 0.4) is 0 Å². The third-order valence-corrected chi connectivity index (χ3v) is 7.01. The molecular weight excluding hydrogens is 288 g/mol. The van der Waals surface area contributed by atoms with Crippen molar-refractivity contribution in [1.29, 1.82) is 0 Å². The summed E-state index contributed by atoms with van der Waals surface area (Å²) < 4.78 is 0. The van der Waals surface area contributed by atoms with Gasteiger partial charge in [-0.15, -0.1) is 0 Å². The van der Waals surface area contributed by atoms with Crippen LogP contribution in [0.1, 0.15) is 109 Å². The van der Waals surface area contributed by atoms with Crippen molar-refractivity contribution >= 4 is 0 Å². The molecular formula is C24H40. The van der Waals surface area contributed by atoms with E-state index in [2.05, 4.69) is 60.6 Å². The van der Waals surface area contributed by atoms with Gasteiger partial charge in [0.1, 0.15) is 0 Å². The van der Waals surface area contributed by atoms with E-state index in [1.54, 1.807) is 22.3 Å². The maximum Gasteiger partial charge on any atom is -0.00407 e. The Morgan fingerprint density at radius 2 is 1.25 bits per heavy atom. The molecule has 1 aliphatic carbocycles. The Bertz CT molecular complexity index is 541. The topological polar surface area (TPSA) is 0 Å². The van der Waals surface area contributed by atoms with Gasteiger partial charge in [-0.25, -0.2) is 0 Å². The van der Waals surface area contributed by atoms with Crippen molar-refractivity contribution in [3.8, 4) is 0 Å². The van der Waals surface area contributed by atoms with Crippen molar-refractivity contribution in [1.82, 2.24) is 0 Å². The summed E-state index contributed by atoms with van der Waals surface area (Å²) in [6, 6.07) is 5.30. The predicted molar refractivity (Wildman–Crippen MR) is 108 cm³/mol. The van der Waals surface area contributed by atoms with Crippen LogP contribution in [0.2, 0.25) is 0 Å². The monoisotopic (exact) mass is 328 g/mol. The van der Waals surface area contributed by atoms with E-state index in [-0.39, 0.29) is 0 Å². The van der Waals surface area contributed by atoms with Crippen LogP contribution in [0, 0.1) is 5.92 Å². The van der Waals surface area contributed by atoms with Gasteiger partial charge in [-0.3, -0.25) is 0 Å². The molecule has 0 heteroatoms. The van der Waals surface area contributed by atoms with Gasteiger partial charge in [0.15, 0.2) is 0 Å². The molecule has 24 heavy (non-hydrogen) atoms. The van der Waals surface area contributed by atoms with Crippen LogP contribution < -0.4 is 0 Å². The quantitative estimate of drug-likeness (QED) is 0.467. The van der Waals surface area contributed by atoms with Crippen LogP contribution in [0.4, 0.5) is 0 Å². The molecule has 0 saturated carbocycles. The van der Waals surface area contributed by atoms with Crippen LogP contribution in [0.25, 0.3) is 0 Å². The first-order valence-corrected chi connectivity index (χ1v) is 10.6. The lowest BCUT2D eigenvalue weighted by Crippen LogP contribution is -2.27. The van der Waals surface area contributed by atoms with Gasteiger partial charge in [0, 0.05) is 0 Å². The predicted octanol–water partition coefficient (Wildman–Crippen LogP) is 7.36. The van der Waals surface area contributed by atoms with E-state index in [1.807, 2.05) is 0 Å². The standard InChI is InChI=1S/C24H40/c1-8-13-19-15-21-22(16-20(19)14-18(6)7)24(11-4,12-5)17-23(21,9-2)10-3/h15-16,18H,8-14,17H2,1-7H3. The SMILES string of the molecule is CCCc1cc2c(cc1CC(C)C)C(CC)(CC)CC2(CC)CC. The lowest BCUT2D eigenvalue weighted by molar-refractivity contribution is 0.284. The molecule has 1 aliphatic rings. The highest BCUT2D eigenvalue weighted by molar-refractivity contribution is 5.51. The van der Waals surface area contributed by atoms with Crippen molar-refractivity contribution in [2.24, 2.45) is 5.92 Å². The lowest BCUT2D eigenvalue weighted by atomic mass is 9.71. The minimum absolute atomic E-state index is 0.415. The van der Waals surface area contributed by atoms with Gasteiger partial charge in [-0.1, -0.05) is 67.0 Å². The molecule has 0 nitrogen and oxygen atoms in total. The van der Waals surface area contributed by atoms with Crippen molar-refractivity contribution in [2.75, 3.05) is 0 Å². The average Bonchev–Trinajstić information content (AvgIpc) is 2.85. The lowest BCUT2D eigenvalue weighted by Gasteiger charge is -2.32. The highest BCUT2D eigenvalue weighted by Crippen LogP contribution is 2.56. The number of aryl methyl sites for hydroxylation is 1. The molecule has 0 aliphatic heterocycles. The van der Waals surface area contributed by atoms with Gasteiger partial charge in [0.2, 0.25) is 0 Å². The van der Waals surface area contributed by atoms with Crippen molar-refractivity contribution in [2.45, 2.75) is 111 Å². The zero-order chi connectivity index (χ0) is 18.0. The molecule has 1 aromatic rings. The Morgan fingerprint density at radius 1 is 0.792 bits per heavy atom. The first kappa shape index (κ1) is 19.5. The van der Waals surface area contributed by atoms with Gasteiger partial charge in [0.05, 0.1) is 0 Å². The van der Waals surface area contributed by atoms with Crippen molar-refractivity contribution < 1.29 is 0 Å². The normalized spacial score (nSPS) is 18.2. The second-order valence-corrected chi connectivity index (χ2v) is 8.67. The summed E-state index contributed by atoms with van der Waals surface area (Å²) in [7, 11) is 0. The van der Waals surface area contributed by atoms with Gasteiger partial charge < -0.3 is 0 Å². The van der Waals surface area contributed by atoms with E-state index in [1.165, 1.54) is 51.4 Å². The van der Waals surface area contributed by atoms with E-state index < -0.39 is 0 Å². The summed E-state index contributed by atoms with van der Waals surface area (Å²) in [6.45, 7) is 16.7. The maximum absolute atomic E-state index is 2.65. The van der Waals surface area contributed by atoms with E-state index in [0.717, 1.165) is 5.92 Å². The summed E-state index contributed by atoms with van der Waals surface area (Å²) in [6.07, 6.45) is 10.2. The molecule has 0 aromatic heterocycles. The molecule has 0 radical (unpaired) electrons. The molecule has 0 N–H and O–H groups in total. The van der Waals surface area contributed by atoms with Crippen LogP contribution in [0.15, 0.2) is 12.1 Å². The molecule has 0 heterocycles. The smallest absolute Gasteiger partial charge is 0.00407 e. The maximum atomic E-state index is 2.65. The molecule has 0 unspecified atom stereocenters. The number of benzene rings is 1. The third-order valence-electron chi connectivity index (χ3n) is 7.01. The summed E-state index contributed by atoms with van der Waals surface area (Å²) in [5.74, 6) is 0.736. The van der Waals surface area contributed by atoms with E-state index >= 15 is 0 Å². The second-order valence-electron chi connectivity index (χ2n) is 8.67. The highest BCUT2D eigenvalue weighted by atomic mass is 14.5.